The van der Waals surface area contributed by atoms with Gasteiger partial charge >= 0.3 is 0 Å². The number of benzene rings is 2. The van der Waals surface area contributed by atoms with E-state index in [1.807, 2.05) is 6.92 Å². The van der Waals surface area contributed by atoms with Crippen LogP contribution in [0, 0.1) is 0 Å². The number of carbonyl (C=O) groups excluding carboxylic acids is 2. The molecule has 0 spiro atoms. The van der Waals surface area contributed by atoms with Crippen molar-refractivity contribution in [2.24, 2.45) is 0 Å². The fourth-order valence-electron chi connectivity index (χ4n) is 4.08. The van der Waals surface area contributed by atoms with Crippen molar-refractivity contribution in [1.29, 1.82) is 0 Å². The SMILES string of the molecule is CC[C@H](C(=O)NC1CCCCC1)N(Cc1ccc(Cl)c(Cl)c1)C(=O)COc1ccccc1Cl. The van der Waals surface area contributed by atoms with Gasteiger partial charge in [0, 0.05) is 12.6 Å². The number of amides is 2. The quantitative estimate of drug-likeness (QED) is 0.431. The minimum absolute atomic E-state index is 0.143. The number of carbonyl (C=O) groups is 2. The number of para-hydroxylation sites is 1. The van der Waals surface area contributed by atoms with Crippen LogP contribution in [0.3, 0.4) is 0 Å². The van der Waals surface area contributed by atoms with Crippen LogP contribution < -0.4 is 10.1 Å². The van der Waals surface area contributed by atoms with Gasteiger partial charge in [0.1, 0.15) is 11.8 Å². The summed E-state index contributed by atoms with van der Waals surface area (Å²) in [6.45, 7) is 1.87. The van der Waals surface area contributed by atoms with Gasteiger partial charge in [0.25, 0.3) is 5.91 Å². The van der Waals surface area contributed by atoms with Gasteiger partial charge in [0.05, 0.1) is 15.1 Å². The van der Waals surface area contributed by atoms with E-state index in [1.54, 1.807) is 47.4 Å². The summed E-state index contributed by atoms with van der Waals surface area (Å²) in [7, 11) is 0. The predicted molar refractivity (Wildman–Crippen MR) is 133 cm³/mol. The van der Waals surface area contributed by atoms with Crippen LogP contribution in [-0.2, 0) is 16.1 Å². The van der Waals surface area contributed by atoms with Gasteiger partial charge < -0.3 is 15.0 Å². The van der Waals surface area contributed by atoms with Gasteiger partial charge in [-0.05, 0) is 49.1 Å². The Morgan fingerprint density at radius 3 is 2.42 bits per heavy atom. The van der Waals surface area contributed by atoms with Crippen molar-refractivity contribution in [2.75, 3.05) is 6.61 Å². The summed E-state index contributed by atoms with van der Waals surface area (Å²) in [5.41, 5.74) is 0.777. The molecule has 0 bridgehead atoms. The number of rotatable bonds is 9. The molecule has 5 nitrogen and oxygen atoms in total. The lowest BCUT2D eigenvalue weighted by molar-refractivity contribution is -0.143. The maximum absolute atomic E-state index is 13.3. The van der Waals surface area contributed by atoms with E-state index in [2.05, 4.69) is 5.32 Å². The van der Waals surface area contributed by atoms with Gasteiger partial charge in [-0.1, -0.05) is 79.2 Å². The molecule has 1 aliphatic carbocycles. The monoisotopic (exact) mass is 510 g/mol. The number of halogens is 3. The number of hydrogen-bond donors (Lipinski definition) is 1. The Hall–Kier alpha value is -1.95. The second-order valence-corrected chi connectivity index (χ2v) is 9.48. The highest BCUT2D eigenvalue weighted by Crippen LogP contribution is 2.26. The summed E-state index contributed by atoms with van der Waals surface area (Å²) in [6, 6.07) is 11.7. The Morgan fingerprint density at radius 2 is 1.76 bits per heavy atom. The summed E-state index contributed by atoms with van der Waals surface area (Å²) >= 11 is 18.4. The molecule has 0 saturated heterocycles. The van der Waals surface area contributed by atoms with E-state index < -0.39 is 6.04 Å². The Labute approximate surface area is 210 Å². The molecule has 0 aromatic heterocycles. The molecule has 1 atom stereocenters. The smallest absolute Gasteiger partial charge is 0.261 e. The maximum Gasteiger partial charge on any atom is 0.261 e. The second-order valence-electron chi connectivity index (χ2n) is 8.26. The second kappa shape index (κ2) is 12.5. The van der Waals surface area contributed by atoms with Crippen LogP contribution >= 0.6 is 34.8 Å². The molecule has 0 aliphatic heterocycles. The molecule has 1 fully saturated rings. The van der Waals surface area contributed by atoms with Crippen molar-refractivity contribution in [3.05, 3.63) is 63.1 Å². The topological polar surface area (TPSA) is 58.6 Å². The molecule has 1 saturated carbocycles. The molecule has 178 valence electrons. The third-order valence-electron chi connectivity index (χ3n) is 5.86. The van der Waals surface area contributed by atoms with Crippen molar-refractivity contribution < 1.29 is 14.3 Å². The van der Waals surface area contributed by atoms with Crippen LogP contribution in [0.15, 0.2) is 42.5 Å². The Bertz CT molecular complexity index is 964. The molecule has 2 aromatic rings. The normalized spacial score (nSPS) is 15.0. The highest BCUT2D eigenvalue weighted by Gasteiger charge is 2.30. The first kappa shape index (κ1) is 25.7. The third-order valence-corrected chi connectivity index (χ3v) is 6.91. The first-order valence-corrected chi connectivity index (χ1v) is 12.4. The lowest BCUT2D eigenvalue weighted by Crippen LogP contribution is -2.52. The van der Waals surface area contributed by atoms with Crippen LogP contribution in [-0.4, -0.2) is 35.4 Å². The van der Waals surface area contributed by atoms with Crippen LogP contribution in [0.1, 0.15) is 51.0 Å². The van der Waals surface area contributed by atoms with E-state index in [4.69, 9.17) is 39.5 Å². The Morgan fingerprint density at radius 1 is 1.03 bits per heavy atom. The zero-order chi connectivity index (χ0) is 23.8. The molecule has 0 unspecified atom stereocenters. The molecule has 0 radical (unpaired) electrons. The lowest BCUT2D eigenvalue weighted by atomic mass is 9.95. The minimum Gasteiger partial charge on any atom is -0.482 e. The van der Waals surface area contributed by atoms with Gasteiger partial charge in [-0.15, -0.1) is 0 Å². The highest BCUT2D eigenvalue weighted by atomic mass is 35.5. The predicted octanol–water partition coefficient (Wildman–Crippen LogP) is 6.28. The van der Waals surface area contributed by atoms with Crippen LogP contribution in [0.25, 0.3) is 0 Å². The van der Waals surface area contributed by atoms with E-state index in [0.29, 0.717) is 27.2 Å². The van der Waals surface area contributed by atoms with Gasteiger partial charge in [-0.2, -0.15) is 0 Å². The van der Waals surface area contributed by atoms with Crippen LogP contribution in [0.2, 0.25) is 15.1 Å². The standard InChI is InChI=1S/C25H29Cl3N2O3/c1-2-22(25(32)29-18-8-4-3-5-9-18)30(15-17-12-13-19(26)21(28)14-17)24(31)16-33-23-11-7-6-10-20(23)27/h6-7,10-14,18,22H,2-5,8-9,15-16H2,1H3,(H,29,32)/t22-/m1/s1. The fourth-order valence-corrected chi connectivity index (χ4v) is 4.59. The summed E-state index contributed by atoms with van der Waals surface area (Å²) in [6.07, 6.45) is 5.83. The molecule has 2 aromatic carbocycles. The van der Waals surface area contributed by atoms with Crippen molar-refractivity contribution in [3.8, 4) is 5.75 Å². The van der Waals surface area contributed by atoms with Crippen molar-refractivity contribution >= 4 is 46.6 Å². The van der Waals surface area contributed by atoms with E-state index in [9.17, 15) is 9.59 Å². The lowest BCUT2D eigenvalue weighted by Gasteiger charge is -2.32. The number of hydrogen-bond acceptors (Lipinski definition) is 3. The number of nitrogens with one attached hydrogen (secondary N) is 1. The van der Waals surface area contributed by atoms with E-state index >= 15 is 0 Å². The van der Waals surface area contributed by atoms with E-state index in [-0.39, 0.29) is 31.0 Å². The molecule has 1 N–H and O–H groups in total. The van der Waals surface area contributed by atoms with E-state index in [0.717, 1.165) is 31.2 Å². The fraction of sp³-hybridized carbons (Fsp3) is 0.440. The molecule has 1 aliphatic rings. The minimum atomic E-state index is -0.635. The Kier molecular flexibility index (Phi) is 9.72. The van der Waals surface area contributed by atoms with Gasteiger partial charge in [0.2, 0.25) is 5.91 Å². The molecule has 2 amide bonds. The Balaban J connectivity index is 1.78. The van der Waals surface area contributed by atoms with Crippen LogP contribution in [0.4, 0.5) is 0 Å². The summed E-state index contributed by atoms with van der Waals surface area (Å²) in [4.78, 5) is 28.1. The maximum atomic E-state index is 13.3. The van der Waals surface area contributed by atoms with Crippen LogP contribution in [0.5, 0.6) is 5.75 Å². The van der Waals surface area contributed by atoms with Crippen molar-refractivity contribution in [1.82, 2.24) is 10.2 Å². The zero-order valence-electron chi connectivity index (χ0n) is 18.7. The van der Waals surface area contributed by atoms with Crippen molar-refractivity contribution in [2.45, 2.75) is 64.1 Å². The molecule has 3 rings (SSSR count). The average Bonchev–Trinajstić information content (AvgIpc) is 2.81. The zero-order valence-corrected chi connectivity index (χ0v) is 20.9. The highest BCUT2D eigenvalue weighted by molar-refractivity contribution is 6.42. The molecule has 0 heterocycles. The van der Waals surface area contributed by atoms with Crippen molar-refractivity contribution in [3.63, 3.8) is 0 Å². The molecular weight excluding hydrogens is 483 g/mol. The number of nitrogens with zero attached hydrogens (tertiary/aromatic N) is 1. The molecule has 8 heteroatoms. The van der Waals surface area contributed by atoms with E-state index in [1.165, 1.54) is 6.42 Å². The molecule has 33 heavy (non-hydrogen) atoms. The average molecular weight is 512 g/mol. The first-order valence-electron chi connectivity index (χ1n) is 11.3. The van der Waals surface area contributed by atoms with Gasteiger partial charge in [-0.25, -0.2) is 0 Å². The summed E-state index contributed by atoms with van der Waals surface area (Å²) in [5, 5.41) is 4.40. The largest absolute Gasteiger partial charge is 0.482 e. The van der Waals surface area contributed by atoms with Gasteiger partial charge in [-0.3, -0.25) is 9.59 Å². The third kappa shape index (κ3) is 7.26. The summed E-state index contributed by atoms with van der Waals surface area (Å²) < 4.78 is 5.68. The summed E-state index contributed by atoms with van der Waals surface area (Å²) in [5.74, 6) is -0.0381. The van der Waals surface area contributed by atoms with Gasteiger partial charge in [0.15, 0.2) is 6.61 Å². The first-order chi connectivity index (χ1) is 15.9. The number of ether oxygens (including phenoxy) is 1. The molecular formula is C25H29Cl3N2O3.